The van der Waals surface area contributed by atoms with Crippen LogP contribution in [-0.2, 0) is 20.6 Å². The third-order valence-electron chi connectivity index (χ3n) is 6.62. The number of likely N-dealkylation sites (tertiary alicyclic amines) is 1. The first-order valence-corrected chi connectivity index (χ1v) is 9.75. The summed E-state index contributed by atoms with van der Waals surface area (Å²) < 4.78 is 38.7. The highest BCUT2D eigenvalue weighted by molar-refractivity contribution is 6.33. The van der Waals surface area contributed by atoms with Crippen molar-refractivity contribution in [2.24, 2.45) is 35.5 Å². The van der Waals surface area contributed by atoms with Crippen molar-refractivity contribution in [3.8, 4) is 0 Å². The van der Waals surface area contributed by atoms with Crippen molar-refractivity contribution in [3.05, 3.63) is 40.9 Å². The van der Waals surface area contributed by atoms with Crippen molar-refractivity contribution < 1.29 is 27.6 Å². The zero-order valence-corrected chi connectivity index (χ0v) is 15.7. The van der Waals surface area contributed by atoms with Gasteiger partial charge in [-0.2, -0.15) is 13.2 Å². The van der Waals surface area contributed by atoms with Crippen LogP contribution in [0.4, 0.5) is 18.9 Å². The fraction of sp³-hybridized carbons (Fsp3) is 0.450. The van der Waals surface area contributed by atoms with Crippen LogP contribution in [0.1, 0.15) is 12.0 Å². The molecule has 6 rings (SSSR count). The van der Waals surface area contributed by atoms with E-state index in [0.29, 0.717) is 11.8 Å². The summed E-state index contributed by atoms with van der Waals surface area (Å²) in [5.41, 5.74) is -1.18. The SMILES string of the molecule is O=C(CN1C(=O)[C@@H]2[C@H]3C=C[C@H]([C@H]4C[C@@H]34)[C@@H]2C1=O)Nc1cc(C(F)(F)F)ccc1Cl. The molecule has 4 aliphatic carbocycles. The molecular weight excluding hydrogens is 409 g/mol. The van der Waals surface area contributed by atoms with Crippen LogP contribution in [0, 0.1) is 35.5 Å². The summed E-state index contributed by atoms with van der Waals surface area (Å²) in [6.45, 7) is -0.536. The summed E-state index contributed by atoms with van der Waals surface area (Å²) in [6, 6.07) is 2.58. The largest absolute Gasteiger partial charge is 0.416 e. The lowest BCUT2D eigenvalue weighted by Gasteiger charge is -2.37. The lowest BCUT2D eigenvalue weighted by atomic mass is 9.63. The van der Waals surface area contributed by atoms with Crippen molar-refractivity contribution in [2.75, 3.05) is 11.9 Å². The third kappa shape index (κ3) is 2.79. The second-order valence-corrected chi connectivity index (χ2v) is 8.56. The Balaban J connectivity index is 1.32. The molecule has 6 atom stereocenters. The molecule has 1 aliphatic heterocycles. The van der Waals surface area contributed by atoms with Crippen LogP contribution in [0.25, 0.3) is 0 Å². The first-order valence-electron chi connectivity index (χ1n) is 9.37. The summed E-state index contributed by atoms with van der Waals surface area (Å²) in [6.07, 6.45) is 0.493. The van der Waals surface area contributed by atoms with Gasteiger partial charge in [-0.15, -0.1) is 0 Å². The number of hydrogen-bond donors (Lipinski definition) is 1. The third-order valence-corrected chi connectivity index (χ3v) is 6.95. The number of imide groups is 1. The van der Waals surface area contributed by atoms with E-state index in [1.165, 1.54) is 0 Å². The standard InChI is InChI=1S/C20H16ClF3N2O3/c21-13-4-1-8(20(22,23)24)5-14(13)25-15(27)7-26-18(28)16-9-2-3-10(12-6-11(9)12)17(16)19(26)29/h1-5,9-12,16-17H,6-7H2,(H,25,27)/t9-,10+,11-,12+,16+,17-. The van der Waals surface area contributed by atoms with Gasteiger partial charge in [0.1, 0.15) is 6.54 Å². The van der Waals surface area contributed by atoms with E-state index in [9.17, 15) is 27.6 Å². The van der Waals surface area contributed by atoms with Crippen LogP contribution < -0.4 is 5.32 Å². The molecule has 9 heteroatoms. The van der Waals surface area contributed by atoms with Gasteiger partial charge >= 0.3 is 6.18 Å². The lowest BCUT2D eigenvalue weighted by Crippen LogP contribution is -2.40. The Hall–Kier alpha value is -2.35. The maximum absolute atomic E-state index is 12.9. The van der Waals surface area contributed by atoms with Crippen molar-refractivity contribution >= 4 is 35.0 Å². The smallest absolute Gasteiger partial charge is 0.323 e. The highest BCUT2D eigenvalue weighted by Gasteiger charge is 2.67. The fourth-order valence-electron chi connectivity index (χ4n) is 5.31. The molecule has 2 bridgehead atoms. The summed E-state index contributed by atoms with van der Waals surface area (Å²) in [7, 11) is 0. The summed E-state index contributed by atoms with van der Waals surface area (Å²) >= 11 is 5.89. The number of halogens is 4. The Bertz CT molecular complexity index is 940. The number of benzene rings is 1. The monoisotopic (exact) mass is 424 g/mol. The minimum atomic E-state index is -4.59. The number of nitrogens with zero attached hydrogens (tertiary/aromatic N) is 1. The van der Waals surface area contributed by atoms with Crippen LogP contribution in [0.2, 0.25) is 5.02 Å². The first kappa shape index (κ1) is 18.7. The van der Waals surface area contributed by atoms with Crippen LogP contribution >= 0.6 is 11.6 Å². The molecule has 2 saturated carbocycles. The molecule has 3 amide bonds. The second kappa shape index (κ2) is 6.08. The molecule has 5 nitrogen and oxygen atoms in total. The predicted octanol–water partition coefficient (Wildman–Crippen LogP) is 3.35. The zero-order valence-electron chi connectivity index (χ0n) is 14.9. The molecule has 3 fully saturated rings. The van der Waals surface area contributed by atoms with Crippen molar-refractivity contribution in [1.82, 2.24) is 4.90 Å². The van der Waals surface area contributed by atoms with E-state index in [1.54, 1.807) is 0 Å². The Morgan fingerprint density at radius 3 is 2.24 bits per heavy atom. The number of allylic oxidation sites excluding steroid dienone is 2. The van der Waals surface area contributed by atoms with Gasteiger partial charge in [-0.1, -0.05) is 23.8 Å². The minimum absolute atomic E-state index is 0.0393. The van der Waals surface area contributed by atoms with E-state index in [4.69, 9.17) is 11.6 Å². The van der Waals surface area contributed by atoms with Gasteiger partial charge in [0.2, 0.25) is 17.7 Å². The van der Waals surface area contributed by atoms with Crippen LogP contribution in [0.15, 0.2) is 30.4 Å². The molecule has 5 aliphatic rings. The molecule has 0 spiro atoms. The number of nitrogens with one attached hydrogen (secondary N) is 1. The van der Waals surface area contributed by atoms with Crippen LogP contribution in [0.5, 0.6) is 0 Å². The van der Waals surface area contributed by atoms with Gasteiger partial charge in [0.25, 0.3) is 0 Å². The van der Waals surface area contributed by atoms with E-state index in [1.807, 2.05) is 12.2 Å². The molecule has 152 valence electrons. The maximum Gasteiger partial charge on any atom is 0.416 e. The van der Waals surface area contributed by atoms with E-state index >= 15 is 0 Å². The number of carbonyl (C=O) groups excluding carboxylic acids is 3. The first-order chi connectivity index (χ1) is 13.7. The van der Waals surface area contributed by atoms with Gasteiger partial charge in [-0.3, -0.25) is 19.3 Å². The highest BCUT2D eigenvalue weighted by Crippen LogP contribution is 2.65. The second-order valence-electron chi connectivity index (χ2n) is 8.16. The molecule has 1 aromatic rings. The number of hydrogen-bond acceptors (Lipinski definition) is 3. The molecule has 29 heavy (non-hydrogen) atoms. The molecular formula is C20H16ClF3N2O3. The molecule has 1 aromatic carbocycles. The normalized spacial score (nSPS) is 34.3. The van der Waals surface area contributed by atoms with Gasteiger partial charge in [0.15, 0.2) is 0 Å². The van der Waals surface area contributed by atoms with Gasteiger partial charge in [-0.05, 0) is 48.3 Å². The summed E-state index contributed by atoms with van der Waals surface area (Å²) in [4.78, 5) is 39.1. The van der Waals surface area contributed by atoms with E-state index < -0.39 is 36.0 Å². The van der Waals surface area contributed by atoms with Crippen molar-refractivity contribution in [2.45, 2.75) is 12.6 Å². The lowest BCUT2D eigenvalue weighted by molar-refractivity contribution is -0.143. The summed E-state index contributed by atoms with van der Waals surface area (Å²) in [5.74, 6) is -1.38. The van der Waals surface area contributed by atoms with Gasteiger partial charge in [0.05, 0.1) is 28.1 Å². The number of alkyl halides is 3. The van der Waals surface area contributed by atoms with Crippen molar-refractivity contribution in [1.29, 1.82) is 0 Å². The topological polar surface area (TPSA) is 66.5 Å². The zero-order chi connectivity index (χ0) is 20.7. The predicted molar refractivity (Wildman–Crippen MR) is 96.5 cm³/mol. The molecule has 1 N–H and O–H groups in total. The Morgan fingerprint density at radius 1 is 1.10 bits per heavy atom. The average molecular weight is 425 g/mol. The average Bonchev–Trinajstić information content (AvgIpc) is 3.44. The molecule has 1 heterocycles. The van der Waals surface area contributed by atoms with Gasteiger partial charge in [-0.25, -0.2) is 0 Å². The maximum atomic E-state index is 12.9. The number of carbonyl (C=O) groups is 3. The van der Waals surface area contributed by atoms with E-state index in [2.05, 4.69) is 5.32 Å². The van der Waals surface area contributed by atoms with E-state index in [-0.39, 0.29) is 34.4 Å². The van der Waals surface area contributed by atoms with Gasteiger partial charge < -0.3 is 5.32 Å². The molecule has 0 aromatic heterocycles. The minimum Gasteiger partial charge on any atom is -0.323 e. The number of rotatable bonds is 3. The Labute approximate surface area is 168 Å². The number of amides is 3. The highest BCUT2D eigenvalue weighted by atomic mass is 35.5. The quantitative estimate of drug-likeness (QED) is 0.597. The number of anilines is 1. The van der Waals surface area contributed by atoms with E-state index in [0.717, 1.165) is 29.5 Å². The Morgan fingerprint density at radius 2 is 1.69 bits per heavy atom. The molecule has 1 saturated heterocycles. The molecule has 0 radical (unpaired) electrons. The Kier molecular flexibility index (Phi) is 3.91. The van der Waals surface area contributed by atoms with Gasteiger partial charge in [0, 0.05) is 0 Å². The molecule has 0 unspecified atom stereocenters. The van der Waals surface area contributed by atoms with Crippen LogP contribution in [0.3, 0.4) is 0 Å². The fourth-order valence-corrected chi connectivity index (χ4v) is 5.47. The van der Waals surface area contributed by atoms with Crippen LogP contribution in [-0.4, -0.2) is 29.2 Å². The summed E-state index contributed by atoms with van der Waals surface area (Å²) in [5, 5.41) is 2.23. The van der Waals surface area contributed by atoms with Crippen molar-refractivity contribution in [3.63, 3.8) is 0 Å².